The Labute approximate surface area is 49.4 Å². The van der Waals surface area contributed by atoms with E-state index in [1.54, 1.807) is 0 Å². The van der Waals surface area contributed by atoms with Crippen molar-refractivity contribution < 1.29 is 8.76 Å². The van der Waals surface area contributed by atoms with Crippen molar-refractivity contribution in [2.75, 3.05) is 12.3 Å². The van der Waals surface area contributed by atoms with Crippen LogP contribution in [0.4, 0.5) is 0 Å². The summed E-state index contributed by atoms with van der Waals surface area (Å²) < 4.78 is 17.8. The number of halogens is 1. The number of rotatable bonds is 3. The molecule has 0 fully saturated rings. The lowest BCUT2D eigenvalue weighted by Gasteiger charge is -1.87. The molecule has 3 nitrogen and oxygen atoms in total. The molecule has 0 amide bonds. The maximum Gasteiger partial charge on any atom is 0.154 e. The fraction of sp³-hybridized carbons (Fsp3) is 1.00. The lowest BCUT2D eigenvalue weighted by Crippen LogP contribution is -2.09. The van der Waals surface area contributed by atoms with E-state index >= 15 is 0 Å². The van der Waals surface area contributed by atoms with Gasteiger partial charge in [-0.15, -0.1) is 0 Å². The van der Waals surface area contributed by atoms with Gasteiger partial charge in [0, 0.05) is 6.54 Å². The van der Waals surface area contributed by atoms with Crippen LogP contribution in [-0.4, -0.2) is 21.1 Å². The molecule has 2 N–H and O–H groups in total. The van der Waals surface area contributed by atoms with Crippen molar-refractivity contribution in [2.45, 2.75) is 0 Å². The van der Waals surface area contributed by atoms with Crippen LogP contribution >= 0.6 is 11.8 Å². The summed E-state index contributed by atoms with van der Waals surface area (Å²) >= 11 is 3.24. The minimum atomic E-state index is -1.71. The van der Waals surface area contributed by atoms with Gasteiger partial charge in [-0.3, -0.25) is 0 Å². The highest BCUT2D eigenvalue weighted by molar-refractivity contribution is 7.79. The van der Waals surface area contributed by atoms with Gasteiger partial charge in [0.1, 0.15) is 0 Å². The average molecular weight is 144 g/mol. The van der Waals surface area contributed by atoms with E-state index in [1.165, 1.54) is 0 Å². The van der Waals surface area contributed by atoms with Gasteiger partial charge < -0.3 is 4.55 Å². The molecule has 1 unspecified atom stereocenters. The van der Waals surface area contributed by atoms with Gasteiger partial charge >= 0.3 is 0 Å². The summed E-state index contributed by atoms with van der Waals surface area (Å²) in [6, 6.07) is 0. The Bertz CT molecular complexity index is 68.7. The molecular weight excluding hydrogens is 138 g/mol. The molecule has 0 aliphatic rings. The molecule has 0 aromatic rings. The van der Waals surface area contributed by atoms with E-state index in [-0.39, 0.29) is 5.75 Å². The predicted molar refractivity (Wildman–Crippen MR) is 29.5 cm³/mol. The minimum Gasteiger partial charge on any atom is -0.306 e. The number of hydrogen-bond donors (Lipinski definition) is 2. The summed E-state index contributed by atoms with van der Waals surface area (Å²) in [5, 5.41) is 0. The van der Waals surface area contributed by atoms with Crippen LogP contribution in [0.1, 0.15) is 0 Å². The molecule has 1 atom stereocenters. The van der Waals surface area contributed by atoms with E-state index in [1.807, 2.05) is 0 Å². The third-order valence-electron chi connectivity index (χ3n) is 0.371. The summed E-state index contributed by atoms with van der Waals surface area (Å²) in [4.78, 5) is 2.22. The van der Waals surface area contributed by atoms with E-state index in [9.17, 15) is 4.21 Å². The highest BCUT2D eigenvalue weighted by atomic mass is 35.5. The van der Waals surface area contributed by atoms with Crippen LogP contribution in [0.3, 0.4) is 0 Å². The molecule has 0 heterocycles. The van der Waals surface area contributed by atoms with Gasteiger partial charge in [-0.2, -0.15) is 0 Å². The largest absolute Gasteiger partial charge is 0.306 e. The van der Waals surface area contributed by atoms with E-state index in [4.69, 9.17) is 16.3 Å². The van der Waals surface area contributed by atoms with Crippen molar-refractivity contribution in [3.8, 4) is 0 Å². The van der Waals surface area contributed by atoms with Crippen LogP contribution < -0.4 is 4.84 Å². The summed E-state index contributed by atoms with van der Waals surface area (Å²) in [5.74, 6) is 0.184. The van der Waals surface area contributed by atoms with Crippen LogP contribution in [0.25, 0.3) is 0 Å². The third-order valence-corrected chi connectivity index (χ3v) is 1.11. The average Bonchev–Trinajstić information content (AvgIpc) is 1.61. The molecule has 44 valence electrons. The van der Waals surface area contributed by atoms with Crippen LogP contribution in [0.2, 0.25) is 0 Å². The van der Waals surface area contributed by atoms with Gasteiger partial charge in [0.2, 0.25) is 0 Å². The highest BCUT2D eigenvalue weighted by Gasteiger charge is 1.87. The fourth-order valence-electron chi connectivity index (χ4n) is 0.126. The molecular formula is C2H6ClNO2S. The summed E-state index contributed by atoms with van der Waals surface area (Å²) in [6.45, 7) is 0.366. The zero-order chi connectivity index (χ0) is 5.70. The molecule has 5 heteroatoms. The highest BCUT2D eigenvalue weighted by Crippen LogP contribution is 1.70. The van der Waals surface area contributed by atoms with Gasteiger partial charge in [0.05, 0.1) is 5.75 Å². The lowest BCUT2D eigenvalue weighted by atomic mass is 10.8. The lowest BCUT2D eigenvalue weighted by molar-refractivity contribution is 0.563. The molecule has 0 aliphatic carbocycles. The maximum absolute atomic E-state index is 9.77. The second kappa shape index (κ2) is 4.52. The standard InChI is InChI=1S/C2H6ClNO2S/c3-4-1-2-7(5)6/h4H,1-2H2,(H,5,6). The molecule has 7 heavy (non-hydrogen) atoms. The molecule has 0 spiro atoms. The molecule has 0 aliphatic heterocycles. The second-order valence-corrected chi connectivity index (χ2v) is 2.23. The zero-order valence-electron chi connectivity index (χ0n) is 3.56. The first-order chi connectivity index (χ1) is 3.27. The first kappa shape index (κ1) is 7.36. The monoisotopic (exact) mass is 143 g/mol. The minimum absolute atomic E-state index is 0.184. The Balaban J connectivity index is 2.82. The Kier molecular flexibility index (Phi) is 4.75. The van der Waals surface area contributed by atoms with Crippen molar-refractivity contribution in [1.29, 1.82) is 0 Å². The number of nitrogens with one attached hydrogen (secondary N) is 1. The zero-order valence-corrected chi connectivity index (χ0v) is 5.13. The maximum atomic E-state index is 9.77. The van der Waals surface area contributed by atoms with E-state index in [2.05, 4.69) is 4.84 Å². The Morgan fingerprint density at radius 2 is 2.43 bits per heavy atom. The summed E-state index contributed by atoms with van der Waals surface area (Å²) in [7, 11) is 0. The fourth-order valence-corrected chi connectivity index (χ4v) is 0.609. The van der Waals surface area contributed by atoms with Crippen molar-refractivity contribution in [2.24, 2.45) is 0 Å². The quantitative estimate of drug-likeness (QED) is 0.430. The van der Waals surface area contributed by atoms with Crippen molar-refractivity contribution in [3.63, 3.8) is 0 Å². The van der Waals surface area contributed by atoms with Crippen molar-refractivity contribution in [1.82, 2.24) is 4.84 Å². The van der Waals surface area contributed by atoms with Crippen molar-refractivity contribution >= 4 is 22.9 Å². The first-order valence-corrected chi connectivity index (χ1v) is 3.33. The molecule has 0 saturated carbocycles. The molecule has 0 saturated heterocycles. The van der Waals surface area contributed by atoms with Crippen LogP contribution in [0.5, 0.6) is 0 Å². The van der Waals surface area contributed by atoms with Gasteiger partial charge in [-0.05, 0) is 11.8 Å². The Hall–Kier alpha value is 0.360. The van der Waals surface area contributed by atoms with Crippen LogP contribution in [0.15, 0.2) is 0 Å². The van der Waals surface area contributed by atoms with Gasteiger partial charge in [0.15, 0.2) is 11.1 Å². The van der Waals surface area contributed by atoms with Gasteiger partial charge in [0.25, 0.3) is 0 Å². The molecule has 0 radical (unpaired) electrons. The second-order valence-electron chi connectivity index (χ2n) is 0.909. The van der Waals surface area contributed by atoms with Crippen LogP contribution in [0, 0.1) is 0 Å². The predicted octanol–water partition coefficient (Wildman–Crippen LogP) is -0.0485. The van der Waals surface area contributed by atoms with E-state index in [0.717, 1.165) is 0 Å². The SMILES string of the molecule is O=S(O)CCNCl. The van der Waals surface area contributed by atoms with E-state index < -0.39 is 11.1 Å². The molecule has 0 rings (SSSR count). The Morgan fingerprint density at radius 3 is 2.57 bits per heavy atom. The van der Waals surface area contributed by atoms with Crippen LogP contribution in [-0.2, 0) is 11.1 Å². The smallest absolute Gasteiger partial charge is 0.154 e. The molecule has 0 aromatic heterocycles. The van der Waals surface area contributed by atoms with Crippen molar-refractivity contribution in [3.05, 3.63) is 0 Å². The topological polar surface area (TPSA) is 49.3 Å². The Morgan fingerprint density at radius 1 is 1.86 bits per heavy atom. The molecule has 0 aromatic carbocycles. The third kappa shape index (κ3) is 6.36. The van der Waals surface area contributed by atoms with Gasteiger partial charge in [-0.1, -0.05) is 0 Å². The summed E-state index contributed by atoms with van der Waals surface area (Å²) in [5.41, 5.74) is 0. The van der Waals surface area contributed by atoms with Gasteiger partial charge in [-0.25, -0.2) is 9.04 Å². The summed E-state index contributed by atoms with van der Waals surface area (Å²) in [6.07, 6.45) is 0. The van der Waals surface area contributed by atoms with E-state index in [0.29, 0.717) is 6.54 Å². The molecule has 0 bridgehead atoms. The normalized spacial score (nSPS) is 14.0. The first-order valence-electron chi connectivity index (χ1n) is 1.68. The number of hydrogen-bond acceptors (Lipinski definition) is 2.